The van der Waals surface area contributed by atoms with E-state index in [0.29, 0.717) is 17.6 Å². The summed E-state index contributed by atoms with van der Waals surface area (Å²) < 4.78 is 1.79. The molecule has 0 aliphatic rings. The SMILES string of the molecule is Cc1nn(CC(C)C)c(Cl)c1/C=C/C(=O)N(C)Cc1ccc(N(C)C)cc1. The van der Waals surface area contributed by atoms with Crippen molar-refractivity contribution in [3.8, 4) is 0 Å². The van der Waals surface area contributed by atoms with E-state index >= 15 is 0 Å². The molecule has 0 spiro atoms. The third-order valence-corrected chi connectivity index (χ3v) is 4.69. The van der Waals surface area contributed by atoms with Crippen LogP contribution in [0.15, 0.2) is 30.3 Å². The number of nitrogens with zero attached hydrogens (tertiary/aromatic N) is 4. The monoisotopic (exact) mass is 388 g/mol. The molecule has 27 heavy (non-hydrogen) atoms. The second-order valence-corrected chi connectivity index (χ2v) is 7.81. The molecule has 0 saturated carbocycles. The van der Waals surface area contributed by atoms with Crippen LogP contribution in [0, 0.1) is 12.8 Å². The Balaban J connectivity index is 2.04. The van der Waals surface area contributed by atoms with E-state index < -0.39 is 0 Å². The molecular formula is C21H29ClN4O. The minimum Gasteiger partial charge on any atom is -0.378 e. The summed E-state index contributed by atoms with van der Waals surface area (Å²) in [4.78, 5) is 16.2. The van der Waals surface area contributed by atoms with Gasteiger partial charge >= 0.3 is 0 Å². The molecule has 0 saturated heterocycles. The van der Waals surface area contributed by atoms with Gasteiger partial charge in [-0.2, -0.15) is 5.10 Å². The molecule has 0 fully saturated rings. The first-order valence-electron chi connectivity index (χ1n) is 9.11. The van der Waals surface area contributed by atoms with E-state index in [1.54, 1.807) is 28.8 Å². The lowest BCUT2D eigenvalue weighted by Gasteiger charge is -2.17. The van der Waals surface area contributed by atoms with Crippen LogP contribution in [-0.2, 0) is 17.9 Å². The van der Waals surface area contributed by atoms with Crippen LogP contribution in [0.5, 0.6) is 0 Å². The van der Waals surface area contributed by atoms with Gasteiger partial charge in [0.05, 0.1) is 5.69 Å². The van der Waals surface area contributed by atoms with Crippen LogP contribution >= 0.6 is 11.6 Å². The summed E-state index contributed by atoms with van der Waals surface area (Å²) in [6.07, 6.45) is 3.32. The Hall–Kier alpha value is -2.27. The first-order chi connectivity index (χ1) is 12.7. The highest BCUT2D eigenvalue weighted by molar-refractivity contribution is 6.31. The Morgan fingerprint density at radius 3 is 2.41 bits per heavy atom. The highest BCUT2D eigenvalue weighted by atomic mass is 35.5. The molecule has 146 valence electrons. The predicted molar refractivity (Wildman–Crippen MR) is 113 cm³/mol. The highest BCUT2D eigenvalue weighted by Crippen LogP contribution is 2.22. The van der Waals surface area contributed by atoms with Gasteiger partial charge in [-0.05, 0) is 36.6 Å². The van der Waals surface area contributed by atoms with Crippen LogP contribution < -0.4 is 4.90 Å². The summed E-state index contributed by atoms with van der Waals surface area (Å²) in [5, 5.41) is 5.04. The molecular weight excluding hydrogens is 360 g/mol. The fourth-order valence-corrected chi connectivity index (χ4v) is 3.06. The van der Waals surface area contributed by atoms with Crippen LogP contribution in [0.4, 0.5) is 5.69 Å². The molecule has 0 unspecified atom stereocenters. The molecule has 0 N–H and O–H groups in total. The Morgan fingerprint density at radius 2 is 1.85 bits per heavy atom. The molecule has 2 aromatic rings. The fourth-order valence-electron chi connectivity index (χ4n) is 2.76. The molecule has 1 aromatic heterocycles. The van der Waals surface area contributed by atoms with Gasteiger partial charge in [-0.25, -0.2) is 0 Å². The number of carbonyl (C=O) groups is 1. The van der Waals surface area contributed by atoms with E-state index in [0.717, 1.165) is 29.1 Å². The number of likely N-dealkylation sites (N-methyl/N-ethyl adjacent to an activating group) is 1. The van der Waals surface area contributed by atoms with Crippen molar-refractivity contribution >= 4 is 29.3 Å². The molecule has 1 amide bonds. The van der Waals surface area contributed by atoms with E-state index in [9.17, 15) is 4.79 Å². The summed E-state index contributed by atoms with van der Waals surface area (Å²) in [7, 11) is 5.81. The lowest BCUT2D eigenvalue weighted by Crippen LogP contribution is -2.24. The Kier molecular flexibility index (Phi) is 7.08. The van der Waals surface area contributed by atoms with Gasteiger partial charge in [-0.3, -0.25) is 9.48 Å². The van der Waals surface area contributed by atoms with Crippen molar-refractivity contribution < 1.29 is 4.79 Å². The summed E-state index contributed by atoms with van der Waals surface area (Å²) >= 11 is 6.43. The summed E-state index contributed by atoms with van der Waals surface area (Å²) in [5.74, 6) is 0.379. The zero-order chi connectivity index (χ0) is 20.1. The normalized spacial score (nSPS) is 11.4. The summed E-state index contributed by atoms with van der Waals surface area (Å²) in [5.41, 5.74) is 3.85. The smallest absolute Gasteiger partial charge is 0.246 e. The molecule has 5 nitrogen and oxygen atoms in total. The number of halogens is 1. The first-order valence-corrected chi connectivity index (χ1v) is 9.49. The average Bonchev–Trinajstić information content (AvgIpc) is 2.86. The number of aromatic nitrogens is 2. The van der Waals surface area contributed by atoms with E-state index in [4.69, 9.17) is 11.6 Å². The maximum Gasteiger partial charge on any atom is 0.246 e. The van der Waals surface area contributed by atoms with Crippen LogP contribution in [0.1, 0.15) is 30.7 Å². The van der Waals surface area contributed by atoms with Gasteiger partial charge in [-0.1, -0.05) is 37.6 Å². The van der Waals surface area contributed by atoms with Gasteiger partial charge in [-0.15, -0.1) is 0 Å². The zero-order valence-corrected chi connectivity index (χ0v) is 17.8. The van der Waals surface area contributed by atoms with Crippen LogP contribution in [0.3, 0.4) is 0 Å². The standard InChI is InChI=1S/C21H29ClN4O/c1-15(2)13-26-21(22)19(16(3)23-26)11-12-20(27)25(6)14-17-7-9-18(10-8-17)24(4)5/h7-12,15H,13-14H2,1-6H3/b12-11+. The number of hydrogen-bond donors (Lipinski definition) is 0. The Bertz CT molecular complexity index is 806. The largest absolute Gasteiger partial charge is 0.378 e. The molecule has 6 heteroatoms. The lowest BCUT2D eigenvalue weighted by atomic mass is 10.2. The van der Waals surface area contributed by atoms with Crippen molar-refractivity contribution in [2.75, 3.05) is 26.0 Å². The van der Waals surface area contributed by atoms with Gasteiger partial charge in [0.15, 0.2) is 0 Å². The van der Waals surface area contributed by atoms with Crippen molar-refractivity contribution in [2.45, 2.75) is 33.9 Å². The van der Waals surface area contributed by atoms with Gasteiger partial charge in [0.2, 0.25) is 5.91 Å². The fraction of sp³-hybridized carbons (Fsp3) is 0.429. The van der Waals surface area contributed by atoms with Crippen molar-refractivity contribution in [3.05, 3.63) is 52.3 Å². The van der Waals surface area contributed by atoms with Crippen LogP contribution in [-0.4, -0.2) is 41.7 Å². The highest BCUT2D eigenvalue weighted by Gasteiger charge is 2.13. The van der Waals surface area contributed by atoms with Gasteiger partial charge in [0.25, 0.3) is 0 Å². The number of hydrogen-bond acceptors (Lipinski definition) is 3. The summed E-state index contributed by atoms with van der Waals surface area (Å²) in [6, 6.07) is 8.19. The van der Waals surface area contributed by atoms with Crippen molar-refractivity contribution in [1.82, 2.24) is 14.7 Å². The van der Waals surface area contributed by atoms with Crippen molar-refractivity contribution in [1.29, 1.82) is 0 Å². The summed E-state index contributed by atoms with van der Waals surface area (Å²) in [6.45, 7) is 7.45. The molecule has 1 aromatic carbocycles. The molecule has 0 aliphatic carbocycles. The topological polar surface area (TPSA) is 41.4 Å². The molecule has 2 rings (SSSR count). The average molecular weight is 389 g/mol. The minimum atomic E-state index is -0.0706. The second-order valence-electron chi connectivity index (χ2n) is 7.45. The molecule has 0 aliphatic heterocycles. The number of benzene rings is 1. The number of carbonyl (C=O) groups excluding carboxylic acids is 1. The van der Waals surface area contributed by atoms with Gasteiger partial charge in [0, 0.05) is 51.6 Å². The maximum atomic E-state index is 12.5. The number of amides is 1. The molecule has 0 atom stereocenters. The van der Waals surface area contributed by atoms with Gasteiger partial charge < -0.3 is 9.80 Å². The molecule has 0 radical (unpaired) electrons. The third-order valence-electron chi connectivity index (χ3n) is 4.29. The molecule has 1 heterocycles. The zero-order valence-electron chi connectivity index (χ0n) is 17.0. The maximum absolute atomic E-state index is 12.5. The third kappa shape index (κ3) is 5.60. The minimum absolute atomic E-state index is 0.0706. The number of anilines is 1. The molecule has 0 bridgehead atoms. The van der Waals surface area contributed by atoms with E-state index in [-0.39, 0.29) is 5.91 Å². The Labute approximate surface area is 167 Å². The lowest BCUT2D eigenvalue weighted by molar-refractivity contribution is -0.125. The van der Waals surface area contributed by atoms with Gasteiger partial charge in [0.1, 0.15) is 5.15 Å². The Morgan fingerprint density at radius 1 is 1.22 bits per heavy atom. The van der Waals surface area contributed by atoms with E-state index in [1.807, 2.05) is 38.1 Å². The van der Waals surface area contributed by atoms with E-state index in [1.165, 1.54) is 0 Å². The number of aryl methyl sites for hydroxylation is 1. The quantitative estimate of drug-likeness (QED) is 0.666. The van der Waals surface area contributed by atoms with Crippen molar-refractivity contribution in [2.24, 2.45) is 5.92 Å². The van der Waals surface area contributed by atoms with Crippen molar-refractivity contribution in [3.63, 3.8) is 0 Å². The number of rotatable bonds is 7. The predicted octanol–water partition coefficient (Wildman–Crippen LogP) is 4.24. The van der Waals surface area contributed by atoms with Crippen LogP contribution in [0.25, 0.3) is 6.08 Å². The van der Waals surface area contributed by atoms with Crippen LogP contribution in [0.2, 0.25) is 5.15 Å². The first kappa shape index (κ1) is 21.0. The van der Waals surface area contributed by atoms with E-state index in [2.05, 4.69) is 31.1 Å². The second kappa shape index (κ2) is 9.09.